The fourth-order valence-corrected chi connectivity index (χ4v) is 2.62. The van der Waals surface area contributed by atoms with Gasteiger partial charge >= 0.3 is 0 Å². The third kappa shape index (κ3) is 3.04. The monoisotopic (exact) mass is 301 g/mol. The first-order chi connectivity index (χ1) is 10.3. The Balaban J connectivity index is 2.15. The van der Waals surface area contributed by atoms with Crippen LogP contribution in [0.4, 0.5) is 0 Å². The van der Waals surface area contributed by atoms with Gasteiger partial charge in [0.15, 0.2) is 0 Å². The lowest BCUT2D eigenvalue weighted by atomic mass is 9.94. The minimum atomic E-state index is -0.824. The van der Waals surface area contributed by atoms with Crippen LogP contribution in [0, 0.1) is 27.7 Å². The Hall–Kier alpha value is -2.14. The van der Waals surface area contributed by atoms with Crippen LogP contribution < -0.4 is 5.32 Å². The zero-order valence-electron chi connectivity index (χ0n) is 13.8. The Morgan fingerprint density at radius 1 is 1.27 bits per heavy atom. The molecule has 5 nitrogen and oxygen atoms in total. The van der Waals surface area contributed by atoms with Gasteiger partial charge in [0.25, 0.3) is 5.91 Å². The van der Waals surface area contributed by atoms with Crippen LogP contribution in [0.25, 0.3) is 0 Å². The molecule has 0 saturated heterocycles. The number of imidazole rings is 1. The van der Waals surface area contributed by atoms with Crippen LogP contribution in [-0.4, -0.2) is 27.1 Å². The quantitative estimate of drug-likeness (QED) is 0.909. The van der Waals surface area contributed by atoms with E-state index in [9.17, 15) is 9.90 Å². The molecule has 1 atom stereocenters. The molecule has 22 heavy (non-hydrogen) atoms. The molecule has 0 spiro atoms. The molecule has 118 valence electrons. The summed E-state index contributed by atoms with van der Waals surface area (Å²) in [5, 5.41) is 12.9. The van der Waals surface area contributed by atoms with Crippen molar-refractivity contribution in [2.24, 2.45) is 7.05 Å². The SMILES string of the molecule is Cc1cc(C)c(C)c(C(=O)NC[C@H](O)c2nccn2C)c1C. The number of aliphatic hydroxyl groups excluding tert-OH is 1. The third-order valence-corrected chi connectivity index (χ3v) is 4.21. The van der Waals surface area contributed by atoms with E-state index in [0.717, 1.165) is 22.3 Å². The van der Waals surface area contributed by atoms with E-state index in [1.54, 1.807) is 17.0 Å². The van der Waals surface area contributed by atoms with E-state index in [4.69, 9.17) is 0 Å². The number of nitrogens with one attached hydrogen (secondary N) is 1. The summed E-state index contributed by atoms with van der Waals surface area (Å²) in [5.74, 6) is 0.379. The molecule has 2 N–H and O–H groups in total. The predicted octanol–water partition coefficient (Wildman–Crippen LogP) is 2.12. The molecule has 0 radical (unpaired) electrons. The molecule has 0 bridgehead atoms. The minimum Gasteiger partial charge on any atom is -0.383 e. The fraction of sp³-hybridized carbons (Fsp3) is 0.412. The van der Waals surface area contributed by atoms with E-state index in [-0.39, 0.29) is 12.5 Å². The number of aryl methyl sites for hydroxylation is 3. The summed E-state index contributed by atoms with van der Waals surface area (Å²) in [6.45, 7) is 8.04. The van der Waals surface area contributed by atoms with Crippen LogP contribution in [0.2, 0.25) is 0 Å². The van der Waals surface area contributed by atoms with Crippen LogP contribution in [0.15, 0.2) is 18.5 Å². The van der Waals surface area contributed by atoms with Crippen molar-refractivity contribution in [3.8, 4) is 0 Å². The maximum atomic E-state index is 12.5. The van der Waals surface area contributed by atoms with Gasteiger partial charge in [-0.15, -0.1) is 0 Å². The first-order valence-electron chi connectivity index (χ1n) is 7.33. The third-order valence-electron chi connectivity index (χ3n) is 4.21. The van der Waals surface area contributed by atoms with Gasteiger partial charge in [-0.2, -0.15) is 0 Å². The first-order valence-corrected chi connectivity index (χ1v) is 7.33. The lowest BCUT2D eigenvalue weighted by Crippen LogP contribution is -2.30. The van der Waals surface area contributed by atoms with Crippen LogP contribution in [0.5, 0.6) is 0 Å². The molecule has 1 amide bonds. The summed E-state index contributed by atoms with van der Waals surface area (Å²) in [7, 11) is 1.81. The Bertz CT molecular complexity index is 678. The van der Waals surface area contributed by atoms with E-state index in [1.165, 1.54) is 0 Å². The summed E-state index contributed by atoms with van der Waals surface area (Å²) in [5.41, 5.74) is 4.85. The molecule has 5 heteroatoms. The Morgan fingerprint density at radius 2 is 1.86 bits per heavy atom. The second kappa shape index (κ2) is 6.32. The minimum absolute atomic E-state index is 0.134. The maximum absolute atomic E-state index is 12.5. The molecule has 2 aromatic rings. The normalized spacial score (nSPS) is 12.3. The van der Waals surface area contributed by atoms with E-state index in [2.05, 4.69) is 16.4 Å². The Kier molecular flexibility index (Phi) is 4.66. The first kappa shape index (κ1) is 16.2. The number of carbonyl (C=O) groups excluding carboxylic acids is 1. The van der Waals surface area contributed by atoms with Crippen molar-refractivity contribution in [2.75, 3.05) is 6.54 Å². The van der Waals surface area contributed by atoms with Crippen LogP contribution in [0.3, 0.4) is 0 Å². The number of rotatable bonds is 4. The van der Waals surface area contributed by atoms with Gasteiger partial charge in [-0.05, 0) is 49.9 Å². The molecular weight excluding hydrogens is 278 g/mol. The summed E-state index contributed by atoms with van der Waals surface area (Å²) in [6, 6.07) is 2.09. The van der Waals surface area contributed by atoms with Crippen molar-refractivity contribution in [1.82, 2.24) is 14.9 Å². The van der Waals surface area contributed by atoms with E-state index >= 15 is 0 Å². The molecule has 1 aromatic heterocycles. The zero-order valence-corrected chi connectivity index (χ0v) is 13.8. The molecule has 0 aliphatic rings. The number of amides is 1. The average Bonchev–Trinajstić information content (AvgIpc) is 2.89. The van der Waals surface area contributed by atoms with Gasteiger partial charge in [-0.3, -0.25) is 4.79 Å². The lowest BCUT2D eigenvalue weighted by Gasteiger charge is -2.16. The van der Waals surface area contributed by atoms with Crippen molar-refractivity contribution in [3.63, 3.8) is 0 Å². The molecule has 1 heterocycles. The van der Waals surface area contributed by atoms with Crippen molar-refractivity contribution >= 4 is 5.91 Å². The summed E-state index contributed by atoms with van der Waals surface area (Å²) < 4.78 is 1.74. The van der Waals surface area contributed by atoms with E-state index < -0.39 is 6.10 Å². The van der Waals surface area contributed by atoms with Crippen LogP contribution in [-0.2, 0) is 7.05 Å². The number of carbonyl (C=O) groups is 1. The Labute approximate surface area is 131 Å². The second-order valence-electron chi connectivity index (χ2n) is 5.76. The number of aliphatic hydroxyl groups is 1. The lowest BCUT2D eigenvalue weighted by molar-refractivity contribution is 0.0908. The maximum Gasteiger partial charge on any atom is 0.251 e. The second-order valence-corrected chi connectivity index (χ2v) is 5.76. The van der Waals surface area contributed by atoms with Crippen molar-refractivity contribution in [1.29, 1.82) is 0 Å². The predicted molar refractivity (Wildman–Crippen MR) is 85.9 cm³/mol. The molecule has 0 aliphatic carbocycles. The van der Waals surface area contributed by atoms with Crippen LogP contribution >= 0.6 is 0 Å². The zero-order chi connectivity index (χ0) is 16.4. The Morgan fingerprint density at radius 3 is 2.36 bits per heavy atom. The van der Waals surface area contributed by atoms with Crippen molar-refractivity contribution in [3.05, 3.63) is 52.1 Å². The number of aromatic nitrogens is 2. The standard InChI is InChI=1S/C17H23N3O2/c1-10-8-11(2)13(4)15(12(10)3)17(22)19-9-14(21)16-18-6-7-20(16)5/h6-8,14,21H,9H2,1-5H3,(H,19,22)/t14-/m0/s1. The van der Waals surface area contributed by atoms with Gasteiger partial charge in [0.2, 0.25) is 0 Å². The smallest absolute Gasteiger partial charge is 0.251 e. The van der Waals surface area contributed by atoms with Crippen LogP contribution in [0.1, 0.15) is 44.5 Å². The summed E-state index contributed by atoms with van der Waals surface area (Å²) in [6.07, 6.45) is 2.56. The van der Waals surface area contributed by atoms with Gasteiger partial charge in [0.1, 0.15) is 11.9 Å². The molecule has 0 unspecified atom stereocenters. The van der Waals surface area contributed by atoms with Gasteiger partial charge in [0, 0.05) is 25.0 Å². The highest BCUT2D eigenvalue weighted by Gasteiger charge is 2.18. The molecule has 1 aromatic carbocycles. The topological polar surface area (TPSA) is 67.2 Å². The summed E-state index contributed by atoms with van der Waals surface area (Å²) in [4.78, 5) is 16.6. The van der Waals surface area contributed by atoms with E-state index in [0.29, 0.717) is 11.4 Å². The highest BCUT2D eigenvalue weighted by Crippen LogP contribution is 2.21. The van der Waals surface area contributed by atoms with Crippen molar-refractivity contribution in [2.45, 2.75) is 33.8 Å². The molecule has 2 rings (SSSR count). The molecule has 0 fully saturated rings. The van der Waals surface area contributed by atoms with Gasteiger partial charge in [-0.1, -0.05) is 6.07 Å². The highest BCUT2D eigenvalue weighted by atomic mass is 16.3. The van der Waals surface area contributed by atoms with E-state index in [1.807, 2.05) is 34.7 Å². The highest BCUT2D eigenvalue weighted by molar-refractivity contribution is 5.97. The fourth-order valence-electron chi connectivity index (χ4n) is 2.62. The largest absolute Gasteiger partial charge is 0.383 e. The molecule has 0 saturated carbocycles. The number of benzene rings is 1. The number of hydrogen-bond donors (Lipinski definition) is 2. The number of nitrogens with zero attached hydrogens (tertiary/aromatic N) is 2. The van der Waals surface area contributed by atoms with Gasteiger partial charge in [0.05, 0.1) is 6.54 Å². The molecular formula is C17H23N3O2. The summed E-state index contributed by atoms with van der Waals surface area (Å²) >= 11 is 0. The van der Waals surface area contributed by atoms with Gasteiger partial charge in [-0.25, -0.2) is 4.98 Å². The number of hydrogen-bond acceptors (Lipinski definition) is 3. The molecule has 0 aliphatic heterocycles. The van der Waals surface area contributed by atoms with Crippen molar-refractivity contribution < 1.29 is 9.90 Å². The van der Waals surface area contributed by atoms with Gasteiger partial charge < -0.3 is 15.0 Å². The average molecular weight is 301 g/mol.